The Morgan fingerprint density at radius 3 is 2.52 bits per heavy atom. The highest BCUT2D eigenvalue weighted by molar-refractivity contribution is 5.92. The van der Waals surface area contributed by atoms with Crippen molar-refractivity contribution in [2.75, 3.05) is 18.4 Å². The van der Waals surface area contributed by atoms with E-state index in [1.807, 2.05) is 24.3 Å². The largest absolute Gasteiger partial charge is 0.490 e. The van der Waals surface area contributed by atoms with Crippen LogP contribution in [0.4, 0.5) is 5.69 Å². The molecule has 1 aliphatic heterocycles. The zero-order valence-electron chi connectivity index (χ0n) is 12.4. The van der Waals surface area contributed by atoms with Crippen LogP contribution in [0.5, 0.6) is 5.75 Å². The minimum Gasteiger partial charge on any atom is -0.490 e. The van der Waals surface area contributed by atoms with Gasteiger partial charge in [-0.1, -0.05) is 0 Å². The third kappa shape index (κ3) is 3.97. The van der Waals surface area contributed by atoms with Gasteiger partial charge in [0, 0.05) is 12.2 Å². The number of carbonyl (C=O) groups excluding carboxylic acids is 1. The maximum absolute atomic E-state index is 12.1. The SMILES string of the molecule is O=C(Nc1ccc(OC2CCCC2)cc1)C1CCCNC1. The number of benzene rings is 1. The fraction of sp³-hybridized carbons (Fsp3) is 0.588. The first-order valence-corrected chi connectivity index (χ1v) is 8.09. The van der Waals surface area contributed by atoms with Crippen LogP contribution in [-0.4, -0.2) is 25.1 Å². The number of hydrogen-bond donors (Lipinski definition) is 2. The second kappa shape index (κ2) is 6.94. The molecule has 3 rings (SSSR count). The van der Waals surface area contributed by atoms with E-state index in [-0.39, 0.29) is 11.8 Å². The number of anilines is 1. The Morgan fingerprint density at radius 2 is 1.86 bits per heavy atom. The first-order valence-electron chi connectivity index (χ1n) is 8.09. The Hall–Kier alpha value is -1.55. The summed E-state index contributed by atoms with van der Waals surface area (Å²) in [7, 11) is 0. The van der Waals surface area contributed by atoms with Crippen LogP contribution in [0.2, 0.25) is 0 Å². The summed E-state index contributed by atoms with van der Waals surface area (Å²) < 4.78 is 5.93. The van der Waals surface area contributed by atoms with E-state index in [0.717, 1.165) is 50.2 Å². The van der Waals surface area contributed by atoms with Gasteiger partial charge in [0.05, 0.1) is 12.0 Å². The molecule has 1 saturated heterocycles. The van der Waals surface area contributed by atoms with Crippen molar-refractivity contribution < 1.29 is 9.53 Å². The summed E-state index contributed by atoms with van der Waals surface area (Å²) in [6, 6.07) is 7.76. The summed E-state index contributed by atoms with van der Waals surface area (Å²) >= 11 is 0. The maximum Gasteiger partial charge on any atom is 0.228 e. The van der Waals surface area contributed by atoms with Crippen molar-refractivity contribution >= 4 is 11.6 Å². The highest BCUT2D eigenvalue weighted by Crippen LogP contribution is 2.25. The molecular formula is C17H24N2O2. The monoisotopic (exact) mass is 288 g/mol. The summed E-state index contributed by atoms with van der Waals surface area (Å²) in [5.41, 5.74) is 0.851. The number of nitrogens with one attached hydrogen (secondary N) is 2. The number of carbonyl (C=O) groups is 1. The summed E-state index contributed by atoms with van der Waals surface area (Å²) in [6.07, 6.45) is 7.29. The molecule has 1 aromatic rings. The average molecular weight is 288 g/mol. The number of hydrogen-bond acceptors (Lipinski definition) is 3. The van der Waals surface area contributed by atoms with Gasteiger partial charge in [0.2, 0.25) is 5.91 Å². The van der Waals surface area contributed by atoms with Gasteiger partial charge in [-0.15, -0.1) is 0 Å². The number of rotatable bonds is 4. The predicted octanol–water partition coefficient (Wildman–Crippen LogP) is 2.95. The van der Waals surface area contributed by atoms with Crippen molar-refractivity contribution in [3.8, 4) is 5.75 Å². The molecule has 1 aliphatic carbocycles. The van der Waals surface area contributed by atoms with Crippen LogP contribution in [0.15, 0.2) is 24.3 Å². The molecule has 1 amide bonds. The molecule has 0 bridgehead atoms. The lowest BCUT2D eigenvalue weighted by Gasteiger charge is -2.22. The highest BCUT2D eigenvalue weighted by atomic mass is 16.5. The first-order chi connectivity index (χ1) is 10.3. The van der Waals surface area contributed by atoms with E-state index >= 15 is 0 Å². The lowest BCUT2D eigenvalue weighted by atomic mass is 9.99. The maximum atomic E-state index is 12.1. The van der Waals surface area contributed by atoms with E-state index in [1.165, 1.54) is 12.8 Å². The first kappa shape index (κ1) is 14.4. The van der Waals surface area contributed by atoms with E-state index in [9.17, 15) is 4.79 Å². The summed E-state index contributed by atoms with van der Waals surface area (Å²) in [5.74, 6) is 1.11. The van der Waals surface area contributed by atoms with Gasteiger partial charge in [-0.3, -0.25) is 4.79 Å². The summed E-state index contributed by atoms with van der Waals surface area (Å²) in [5, 5.41) is 6.27. The van der Waals surface area contributed by atoms with Gasteiger partial charge in [0.1, 0.15) is 5.75 Å². The number of ether oxygens (including phenoxy) is 1. The van der Waals surface area contributed by atoms with Crippen molar-refractivity contribution in [3.05, 3.63) is 24.3 Å². The summed E-state index contributed by atoms with van der Waals surface area (Å²) in [4.78, 5) is 12.1. The molecule has 1 unspecified atom stereocenters. The van der Waals surface area contributed by atoms with Crippen LogP contribution < -0.4 is 15.4 Å². The van der Waals surface area contributed by atoms with Crippen molar-refractivity contribution in [2.24, 2.45) is 5.92 Å². The van der Waals surface area contributed by atoms with Crippen molar-refractivity contribution in [1.82, 2.24) is 5.32 Å². The smallest absolute Gasteiger partial charge is 0.228 e. The number of piperidine rings is 1. The Balaban J connectivity index is 1.52. The molecule has 0 radical (unpaired) electrons. The van der Waals surface area contributed by atoms with Gasteiger partial charge in [0.25, 0.3) is 0 Å². The van der Waals surface area contributed by atoms with E-state index in [4.69, 9.17) is 4.74 Å². The molecule has 1 atom stereocenters. The molecule has 0 spiro atoms. The van der Waals surface area contributed by atoms with Gasteiger partial charge in [-0.2, -0.15) is 0 Å². The molecular weight excluding hydrogens is 264 g/mol. The highest BCUT2D eigenvalue weighted by Gasteiger charge is 2.21. The fourth-order valence-electron chi connectivity index (χ4n) is 3.14. The van der Waals surface area contributed by atoms with Crippen LogP contribution in [0, 0.1) is 5.92 Å². The molecule has 1 heterocycles. The molecule has 21 heavy (non-hydrogen) atoms. The zero-order chi connectivity index (χ0) is 14.5. The van der Waals surface area contributed by atoms with Crippen molar-refractivity contribution in [1.29, 1.82) is 0 Å². The van der Waals surface area contributed by atoms with Crippen LogP contribution >= 0.6 is 0 Å². The second-order valence-electron chi connectivity index (χ2n) is 6.08. The average Bonchev–Trinajstić information content (AvgIpc) is 3.03. The van der Waals surface area contributed by atoms with E-state index in [0.29, 0.717) is 6.10 Å². The van der Waals surface area contributed by atoms with E-state index in [2.05, 4.69) is 10.6 Å². The van der Waals surface area contributed by atoms with Gasteiger partial charge in [-0.25, -0.2) is 0 Å². The minimum atomic E-state index is 0.0909. The third-order valence-corrected chi connectivity index (χ3v) is 4.39. The van der Waals surface area contributed by atoms with Gasteiger partial charge >= 0.3 is 0 Å². The fourth-order valence-corrected chi connectivity index (χ4v) is 3.14. The molecule has 1 aromatic carbocycles. The molecule has 2 aliphatic rings. The van der Waals surface area contributed by atoms with Crippen LogP contribution in [-0.2, 0) is 4.79 Å². The second-order valence-corrected chi connectivity index (χ2v) is 6.08. The predicted molar refractivity (Wildman–Crippen MR) is 83.5 cm³/mol. The topological polar surface area (TPSA) is 50.4 Å². The lowest BCUT2D eigenvalue weighted by Crippen LogP contribution is -2.37. The Labute approximate surface area is 126 Å². The molecule has 4 heteroatoms. The summed E-state index contributed by atoms with van der Waals surface area (Å²) in [6.45, 7) is 1.81. The quantitative estimate of drug-likeness (QED) is 0.895. The molecule has 1 saturated carbocycles. The van der Waals surface area contributed by atoms with Gasteiger partial charge < -0.3 is 15.4 Å². The van der Waals surface area contributed by atoms with Crippen molar-refractivity contribution in [2.45, 2.75) is 44.6 Å². The minimum absolute atomic E-state index is 0.0909. The molecule has 2 fully saturated rings. The van der Waals surface area contributed by atoms with Gasteiger partial charge in [0.15, 0.2) is 0 Å². The van der Waals surface area contributed by atoms with E-state index < -0.39 is 0 Å². The third-order valence-electron chi connectivity index (χ3n) is 4.39. The van der Waals surface area contributed by atoms with Crippen molar-refractivity contribution in [3.63, 3.8) is 0 Å². The normalized spacial score (nSPS) is 23.0. The molecule has 0 aromatic heterocycles. The number of amides is 1. The lowest BCUT2D eigenvalue weighted by molar-refractivity contribution is -0.120. The Bertz CT molecular complexity index is 460. The Morgan fingerprint density at radius 1 is 1.10 bits per heavy atom. The molecule has 4 nitrogen and oxygen atoms in total. The van der Waals surface area contributed by atoms with E-state index in [1.54, 1.807) is 0 Å². The molecule has 2 N–H and O–H groups in total. The standard InChI is InChI=1S/C17H24N2O2/c20-17(13-4-3-11-18-12-13)19-14-7-9-16(10-8-14)21-15-5-1-2-6-15/h7-10,13,15,18H,1-6,11-12H2,(H,19,20). The van der Waals surface area contributed by atoms with Crippen LogP contribution in [0.25, 0.3) is 0 Å². The van der Waals surface area contributed by atoms with Crippen LogP contribution in [0.3, 0.4) is 0 Å². The molecule has 114 valence electrons. The zero-order valence-corrected chi connectivity index (χ0v) is 12.4. The Kier molecular flexibility index (Phi) is 4.76. The van der Waals surface area contributed by atoms with Gasteiger partial charge in [-0.05, 0) is 69.3 Å². The van der Waals surface area contributed by atoms with Crippen LogP contribution in [0.1, 0.15) is 38.5 Å².